The second-order valence-corrected chi connectivity index (χ2v) is 13.8. The summed E-state index contributed by atoms with van der Waals surface area (Å²) in [5, 5.41) is 21.1. The summed E-state index contributed by atoms with van der Waals surface area (Å²) in [6.07, 6.45) is 6.89. The zero-order valence-electron chi connectivity index (χ0n) is 27.5. The topological polar surface area (TPSA) is 88.5 Å². The Labute approximate surface area is 268 Å². The lowest BCUT2D eigenvalue weighted by atomic mass is 9.51. The van der Waals surface area contributed by atoms with Crippen molar-refractivity contribution in [2.75, 3.05) is 41.0 Å². The first-order valence-corrected chi connectivity index (χ1v) is 16.8. The number of aliphatic hydroxyl groups is 1. The number of fused-ring (bicyclic) bond motifs is 5. The normalized spacial score (nSPS) is 28.6. The van der Waals surface area contributed by atoms with Gasteiger partial charge in [0.2, 0.25) is 5.91 Å². The van der Waals surface area contributed by atoms with Crippen molar-refractivity contribution in [3.8, 4) is 17.2 Å². The lowest BCUT2D eigenvalue weighted by Gasteiger charge is -2.54. The second-order valence-electron chi connectivity index (χ2n) is 13.8. The number of carbonyl (C=O) groups is 1. The van der Waals surface area contributed by atoms with Gasteiger partial charge < -0.3 is 29.3 Å². The number of ether oxygens (including phenoxy) is 3. The molecule has 8 heteroatoms. The molecule has 2 N–H and O–H groups in total. The molecule has 2 fully saturated rings. The quantitative estimate of drug-likeness (QED) is 0.234. The summed E-state index contributed by atoms with van der Waals surface area (Å²) in [5.74, 6) is 2.27. The highest BCUT2D eigenvalue weighted by Crippen LogP contribution is 2.63. The van der Waals surface area contributed by atoms with Gasteiger partial charge in [-0.25, -0.2) is 4.39 Å². The Bertz CT molecular complexity index is 1300. The van der Waals surface area contributed by atoms with Crippen molar-refractivity contribution in [2.45, 2.75) is 89.3 Å². The summed E-state index contributed by atoms with van der Waals surface area (Å²) in [5.41, 5.74) is 2.68. The Balaban J connectivity index is 1.17. The summed E-state index contributed by atoms with van der Waals surface area (Å²) < 4.78 is 32.1. The van der Waals surface area contributed by atoms with Gasteiger partial charge in [0.05, 0.1) is 33.4 Å². The molecule has 0 aliphatic heterocycles. The number of hydrogen-bond acceptors (Lipinski definition) is 6. The van der Waals surface area contributed by atoms with E-state index >= 15 is 4.39 Å². The van der Waals surface area contributed by atoms with Crippen LogP contribution in [0, 0.1) is 23.2 Å². The zero-order chi connectivity index (χ0) is 32.1. The first-order valence-electron chi connectivity index (χ1n) is 16.8. The van der Waals surface area contributed by atoms with Crippen LogP contribution in [0.4, 0.5) is 4.39 Å². The molecule has 248 valence electrons. The molecule has 3 aliphatic rings. The van der Waals surface area contributed by atoms with E-state index < -0.39 is 12.3 Å². The molecule has 0 heterocycles. The van der Waals surface area contributed by atoms with Crippen molar-refractivity contribution < 1.29 is 33.6 Å². The third-order valence-corrected chi connectivity index (χ3v) is 11.2. The number of carbonyl (C=O) groups excluding carboxylic acids is 1. The Kier molecular flexibility index (Phi) is 11.0. The number of nitrogens with zero attached hydrogens (tertiary/aromatic N) is 1. The van der Waals surface area contributed by atoms with Crippen molar-refractivity contribution in [1.29, 1.82) is 0 Å². The average molecular weight is 626 g/mol. The Morgan fingerprint density at radius 2 is 1.78 bits per heavy atom. The van der Waals surface area contributed by atoms with E-state index in [9.17, 15) is 15.0 Å². The molecule has 3 aliphatic carbocycles. The fourth-order valence-corrected chi connectivity index (χ4v) is 8.94. The van der Waals surface area contributed by atoms with Crippen LogP contribution >= 0.6 is 0 Å². The maximum Gasteiger partial charge on any atom is 0.227 e. The van der Waals surface area contributed by atoms with Gasteiger partial charge in [0.25, 0.3) is 0 Å². The lowest BCUT2D eigenvalue weighted by Crippen LogP contribution is -2.51. The van der Waals surface area contributed by atoms with Crippen molar-refractivity contribution in [1.82, 2.24) is 4.90 Å². The van der Waals surface area contributed by atoms with Crippen LogP contribution in [-0.2, 0) is 22.4 Å². The van der Waals surface area contributed by atoms with Crippen LogP contribution in [0.15, 0.2) is 36.4 Å². The largest absolute Gasteiger partial charge is 0.508 e. The van der Waals surface area contributed by atoms with Gasteiger partial charge >= 0.3 is 0 Å². The fraction of sp³-hybridized carbons (Fsp3) is 0.649. The standard InChI is InChI=1S/C37H52FNO6/c1-37-23-30(38)36-28-12-11-27(40)22-26(28)21-25(35(36)29(37)13-15-33(37)41)9-7-5-6-8-16-39(17-18-43-2)34(42)20-24-10-14-31(44-3)32(19-24)45-4/h10-12,14,19,22,25,29-30,33,35-36,40-41H,5-9,13,15-18,20-21,23H2,1-4H3/t25?,29?,30?,33?,35?,36?,37-/m0/s1. The number of unbranched alkanes of at least 4 members (excludes halogenated alkanes) is 3. The predicted molar refractivity (Wildman–Crippen MR) is 173 cm³/mol. The summed E-state index contributed by atoms with van der Waals surface area (Å²) in [4.78, 5) is 15.1. The van der Waals surface area contributed by atoms with Crippen molar-refractivity contribution in [3.05, 3.63) is 53.1 Å². The molecule has 7 nitrogen and oxygen atoms in total. The van der Waals surface area contributed by atoms with E-state index in [2.05, 4.69) is 6.92 Å². The third-order valence-electron chi connectivity index (χ3n) is 11.2. The van der Waals surface area contributed by atoms with Gasteiger partial charge in [-0.3, -0.25) is 4.79 Å². The SMILES string of the molecule is COCCN(CCCCCCC1Cc2cc(O)ccc2C2C(F)C[C@]3(C)C(O)CCC3C12)C(=O)Cc1ccc(OC)c(OC)c1. The highest BCUT2D eigenvalue weighted by Gasteiger charge is 2.59. The van der Waals surface area contributed by atoms with Gasteiger partial charge in [0, 0.05) is 26.1 Å². The number of alkyl halides is 1. The van der Waals surface area contributed by atoms with E-state index in [0.29, 0.717) is 49.5 Å². The second kappa shape index (κ2) is 14.7. The van der Waals surface area contributed by atoms with Crippen LogP contribution in [0.3, 0.4) is 0 Å². The van der Waals surface area contributed by atoms with E-state index in [-0.39, 0.29) is 35.3 Å². The van der Waals surface area contributed by atoms with Gasteiger partial charge in [-0.1, -0.05) is 38.3 Å². The van der Waals surface area contributed by atoms with Gasteiger partial charge in [-0.15, -0.1) is 0 Å². The van der Waals surface area contributed by atoms with Crippen LogP contribution in [-0.4, -0.2) is 74.3 Å². The van der Waals surface area contributed by atoms with Crippen molar-refractivity contribution in [2.24, 2.45) is 23.2 Å². The molecule has 0 radical (unpaired) electrons. The van der Waals surface area contributed by atoms with Gasteiger partial charge in [-0.2, -0.15) is 0 Å². The number of aromatic hydroxyl groups is 1. The maximum atomic E-state index is 16.0. The molecule has 0 aromatic heterocycles. The van der Waals surface area contributed by atoms with Gasteiger partial charge in [-0.05, 0) is 103 Å². The number of rotatable bonds is 14. The molecule has 2 saturated carbocycles. The highest BCUT2D eigenvalue weighted by molar-refractivity contribution is 5.79. The first kappa shape index (κ1) is 33.5. The highest BCUT2D eigenvalue weighted by atomic mass is 19.1. The molecular weight excluding hydrogens is 573 g/mol. The number of phenols is 1. The fourth-order valence-electron chi connectivity index (χ4n) is 8.94. The number of halogens is 1. The van der Waals surface area contributed by atoms with Crippen LogP contribution in [0.2, 0.25) is 0 Å². The average Bonchev–Trinajstić information content (AvgIpc) is 3.32. The maximum absolute atomic E-state index is 16.0. The Morgan fingerprint density at radius 1 is 1.00 bits per heavy atom. The van der Waals surface area contributed by atoms with Crippen LogP contribution in [0.5, 0.6) is 17.2 Å². The molecule has 0 spiro atoms. The minimum absolute atomic E-state index is 0.0642. The molecule has 6 unspecified atom stereocenters. The monoisotopic (exact) mass is 625 g/mol. The minimum Gasteiger partial charge on any atom is -0.508 e. The molecule has 2 aromatic rings. The summed E-state index contributed by atoms with van der Waals surface area (Å²) in [6, 6.07) is 11.1. The van der Waals surface area contributed by atoms with Crippen molar-refractivity contribution in [3.63, 3.8) is 0 Å². The molecule has 5 rings (SSSR count). The number of phenolic OH excluding ortho intramolecular Hbond substituents is 1. The molecule has 1 amide bonds. The van der Waals surface area contributed by atoms with Crippen molar-refractivity contribution >= 4 is 5.91 Å². The minimum atomic E-state index is -0.982. The zero-order valence-corrected chi connectivity index (χ0v) is 27.5. The van der Waals surface area contributed by atoms with E-state index in [1.807, 2.05) is 35.2 Å². The Hall–Kier alpha value is -2.84. The summed E-state index contributed by atoms with van der Waals surface area (Å²) in [7, 11) is 4.84. The molecule has 45 heavy (non-hydrogen) atoms. The van der Waals surface area contributed by atoms with E-state index in [0.717, 1.165) is 68.1 Å². The number of amides is 1. The van der Waals surface area contributed by atoms with Gasteiger partial charge in [0.15, 0.2) is 11.5 Å². The third kappa shape index (κ3) is 7.12. The predicted octanol–water partition coefficient (Wildman–Crippen LogP) is 6.47. The summed E-state index contributed by atoms with van der Waals surface area (Å²) >= 11 is 0. The van der Waals surface area contributed by atoms with Gasteiger partial charge in [0.1, 0.15) is 11.9 Å². The molecular formula is C37H52FNO6. The Morgan fingerprint density at radius 3 is 2.53 bits per heavy atom. The van der Waals surface area contributed by atoms with E-state index in [4.69, 9.17) is 14.2 Å². The lowest BCUT2D eigenvalue weighted by molar-refractivity contribution is -0.131. The summed E-state index contributed by atoms with van der Waals surface area (Å²) in [6.45, 7) is 3.83. The number of methoxy groups -OCH3 is 3. The first-order chi connectivity index (χ1) is 21.7. The van der Waals surface area contributed by atoms with Crippen LogP contribution in [0.25, 0.3) is 0 Å². The number of hydrogen-bond donors (Lipinski definition) is 2. The molecule has 2 aromatic carbocycles. The number of aliphatic hydroxyl groups excluding tert-OH is 1. The number of benzene rings is 2. The van der Waals surface area contributed by atoms with Crippen LogP contribution in [0.1, 0.15) is 80.9 Å². The van der Waals surface area contributed by atoms with Crippen LogP contribution < -0.4 is 9.47 Å². The molecule has 0 bridgehead atoms. The van der Waals surface area contributed by atoms with E-state index in [1.54, 1.807) is 27.4 Å². The molecule has 7 atom stereocenters. The smallest absolute Gasteiger partial charge is 0.227 e. The van der Waals surface area contributed by atoms with E-state index in [1.165, 1.54) is 0 Å². The molecule has 0 saturated heterocycles.